The van der Waals surface area contributed by atoms with E-state index in [0.29, 0.717) is 0 Å². The first-order chi connectivity index (χ1) is 4.74. The molecule has 0 spiro atoms. The summed E-state index contributed by atoms with van der Waals surface area (Å²) >= 11 is 0. The fourth-order valence-corrected chi connectivity index (χ4v) is 0.944. The highest BCUT2D eigenvalue weighted by Gasteiger charge is 2.00. The Kier molecular flexibility index (Phi) is 4.18. The molecule has 0 aromatic carbocycles. The maximum atomic E-state index is 8.93. The summed E-state index contributed by atoms with van der Waals surface area (Å²) in [6, 6.07) is 0. The summed E-state index contributed by atoms with van der Waals surface area (Å²) < 4.78 is 1.85. The van der Waals surface area contributed by atoms with E-state index in [1.165, 1.54) is 0 Å². The molecule has 0 atom stereocenters. The van der Waals surface area contributed by atoms with Crippen LogP contribution < -0.4 is 0 Å². The zero-order valence-corrected chi connectivity index (χ0v) is 8.45. The average molecular weight is 221 g/mol. The fourth-order valence-electron chi connectivity index (χ4n) is 0.944. The van der Waals surface area contributed by atoms with Gasteiger partial charge in [0.25, 0.3) is 0 Å². The van der Waals surface area contributed by atoms with Crippen molar-refractivity contribution in [2.75, 3.05) is 0 Å². The van der Waals surface area contributed by atoms with Gasteiger partial charge in [0.15, 0.2) is 0 Å². The van der Waals surface area contributed by atoms with Crippen LogP contribution in [0.2, 0.25) is 0 Å². The molecule has 1 aromatic heterocycles. The molecule has 1 rings (SSSR count). The van der Waals surface area contributed by atoms with E-state index in [1.807, 2.05) is 11.6 Å². The van der Waals surface area contributed by atoms with E-state index in [4.69, 9.17) is 5.11 Å². The minimum Gasteiger partial charge on any atom is -0.492 e. The summed E-state index contributed by atoms with van der Waals surface area (Å²) in [7, 11) is 1.89. The Labute approximate surface area is 76.8 Å². The Balaban J connectivity index is 0.000001000. The lowest BCUT2D eigenvalue weighted by molar-refractivity contribution is 0.455. The summed E-state index contributed by atoms with van der Waals surface area (Å²) in [6.45, 7) is 2.09. The molecular weight excluding hydrogens is 208 g/mol. The molecular formula is C7H13BrN2O. The third-order valence-corrected chi connectivity index (χ3v) is 1.43. The van der Waals surface area contributed by atoms with Gasteiger partial charge in [-0.2, -0.15) is 4.98 Å². The Bertz CT molecular complexity index is 222. The number of hydrogen-bond acceptors (Lipinski definition) is 2. The molecule has 0 unspecified atom stereocenters. The first-order valence-electron chi connectivity index (χ1n) is 3.45. The summed E-state index contributed by atoms with van der Waals surface area (Å²) in [5.41, 5.74) is 0. The Hall–Kier alpha value is -0.510. The van der Waals surface area contributed by atoms with Crippen LogP contribution in [0.5, 0.6) is 5.88 Å². The van der Waals surface area contributed by atoms with Gasteiger partial charge in [-0.3, -0.25) is 0 Å². The molecule has 0 bridgehead atoms. The third-order valence-electron chi connectivity index (χ3n) is 1.43. The van der Waals surface area contributed by atoms with Crippen molar-refractivity contribution >= 4 is 17.0 Å². The van der Waals surface area contributed by atoms with Crippen molar-refractivity contribution < 1.29 is 5.11 Å². The molecule has 0 amide bonds. The van der Waals surface area contributed by atoms with Gasteiger partial charge in [-0.1, -0.05) is 6.92 Å². The van der Waals surface area contributed by atoms with Crippen molar-refractivity contribution in [1.29, 1.82) is 0 Å². The molecule has 1 heterocycles. The molecule has 1 N–H and O–H groups in total. The van der Waals surface area contributed by atoms with E-state index in [2.05, 4.69) is 11.9 Å². The average Bonchev–Trinajstić information content (AvgIpc) is 2.13. The van der Waals surface area contributed by atoms with Crippen LogP contribution in [0, 0.1) is 0 Å². The van der Waals surface area contributed by atoms with Crippen molar-refractivity contribution in [3.05, 3.63) is 12.0 Å². The molecule has 3 nitrogen and oxygen atoms in total. The second-order valence-electron chi connectivity index (χ2n) is 2.38. The van der Waals surface area contributed by atoms with Gasteiger partial charge in [0.1, 0.15) is 5.82 Å². The predicted molar refractivity (Wildman–Crippen MR) is 49.2 cm³/mol. The van der Waals surface area contributed by atoms with Gasteiger partial charge in [-0.25, -0.2) is 0 Å². The van der Waals surface area contributed by atoms with Crippen LogP contribution in [0.3, 0.4) is 0 Å². The normalized spacial score (nSPS) is 9.27. The van der Waals surface area contributed by atoms with Gasteiger partial charge in [-0.15, -0.1) is 17.0 Å². The lowest BCUT2D eigenvalue weighted by atomic mass is 10.3. The van der Waals surface area contributed by atoms with Gasteiger partial charge < -0.3 is 9.67 Å². The zero-order valence-electron chi connectivity index (χ0n) is 6.74. The van der Waals surface area contributed by atoms with Gasteiger partial charge >= 0.3 is 0 Å². The van der Waals surface area contributed by atoms with Gasteiger partial charge in [0.2, 0.25) is 5.88 Å². The van der Waals surface area contributed by atoms with Crippen LogP contribution in [-0.4, -0.2) is 14.7 Å². The van der Waals surface area contributed by atoms with E-state index in [0.717, 1.165) is 18.7 Å². The zero-order chi connectivity index (χ0) is 7.56. The number of aryl methyl sites for hydroxylation is 2. The topological polar surface area (TPSA) is 38.1 Å². The largest absolute Gasteiger partial charge is 0.492 e. The number of hydrogen-bond donors (Lipinski definition) is 1. The molecule has 64 valence electrons. The second-order valence-corrected chi connectivity index (χ2v) is 2.38. The van der Waals surface area contributed by atoms with Crippen molar-refractivity contribution in [2.45, 2.75) is 19.8 Å². The smallest absolute Gasteiger partial charge is 0.229 e. The van der Waals surface area contributed by atoms with E-state index >= 15 is 0 Å². The van der Waals surface area contributed by atoms with E-state index < -0.39 is 0 Å². The van der Waals surface area contributed by atoms with Crippen LogP contribution in [-0.2, 0) is 13.5 Å². The summed E-state index contributed by atoms with van der Waals surface area (Å²) in [4.78, 5) is 3.92. The molecule has 4 heteroatoms. The lowest BCUT2D eigenvalue weighted by Gasteiger charge is -1.95. The number of aromatic hydroxyl groups is 1. The molecule has 1 aromatic rings. The Morgan fingerprint density at radius 3 is 2.64 bits per heavy atom. The minimum absolute atomic E-state index is 0. The van der Waals surface area contributed by atoms with Gasteiger partial charge in [0.05, 0.1) is 6.20 Å². The number of aromatic nitrogens is 2. The van der Waals surface area contributed by atoms with Crippen LogP contribution in [0.4, 0.5) is 0 Å². The molecule has 11 heavy (non-hydrogen) atoms. The van der Waals surface area contributed by atoms with Crippen LogP contribution in [0.1, 0.15) is 19.2 Å². The quantitative estimate of drug-likeness (QED) is 0.824. The third kappa shape index (κ3) is 2.54. The van der Waals surface area contributed by atoms with Gasteiger partial charge in [-0.05, 0) is 6.42 Å². The lowest BCUT2D eigenvalue weighted by Crippen LogP contribution is -1.95. The fraction of sp³-hybridized carbons (Fsp3) is 0.571. The Morgan fingerprint density at radius 1 is 1.64 bits per heavy atom. The minimum atomic E-state index is 0. The maximum Gasteiger partial charge on any atom is 0.229 e. The molecule has 0 aliphatic carbocycles. The first-order valence-corrected chi connectivity index (χ1v) is 3.45. The molecule has 0 saturated heterocycles. The molecule has 0 saturated carbocycles. The number of nitrogens with zero attached hydrogens (tertiary/aromatic N) is 2. The molecule has 0 aliphatic rings. The highest BCUT2D eigenvalue weighted by atomic mass is 79.9. The number of rotatable bonds is 2. The van der Waals surface area contributed by atoms with Gasteiger partial charge in [0, 0.05) is 13.5 Å². The van der Waals surface area contributed by atoms with Crippen molar-refractivity contribution in [3.8, 4) is 5.88 Å². The van der Waals surface area contributed by atoms with E-state index in [-0.39, 0.29) is 22.9 Å². The second kappa shape index (κ2) is 4.38. The van der Waals surface area contributed by atoms with E-state index in [9.17, 15) is 0 Å². The summed E-state index contributed by atoms with van der Waals surface area (Å²) in [6.07, 6.45) is 3.60. The van der Waals surface area contributed by atoms with Crippen molar-refractivity contribution in [2.24, 2.45) is 7.05 Å². The number of imidazole rings is 1. The molecule has 0 fully saturated rings. The summed E-state index contributed by atoms with van der Waals surface area (Å²) in [5, 5.41) is 8.93. The molecule has 0 radical (unpaired) electrons. The maximum absolute atomic E-state index is 8.93. The SMILES string of the molecule is Br.CCCc1nc(O)cn1C. The van der Waals surface area contributed by atoms with Crippen molar-refractivity contribution in [3.63, 3.8) is 0 Å². The number of halogens is 1. The first kappa shape index (κ1) is 10.5. The van der Waals surface area contributed by atoms with Crippen LogP contribution in [0.25, 0.3) is 0 Å². The summed E-state index contributed by atoms with van der Waals surface area (Å²) in [5.74, 6) is 1.06. The van der Waals surface area contributed by atoms with Crippen molar-refractivity contribution in [1.82, 2.24) is 9.55 Å². The van der Waals surface area contributed by atoms with Crippen LogP contribution >= 0.6 is 17.0 Å². The molecule has 0 aliphatic heterocycles. The standard InChI is InChI=1S/C7H12N2O.BrH/c1-3-4-6-8-7(10)5-9(6)2;/h5,10H,3-4H2,1-2H3;1H. The highest BCUT2D eigenvalue weighted by Crippen LogP contribution is 2.07. The monoisotopic (exact) mass is 220 g/mol. The highest BCUT2D eigenvalue weighted by molar-refractivity contribution is 8.93. The Morgan fingerprint density at radius 2 is 2.27 bits per heavy atom. The predicted octanol–water partition coefficient (Wildman–Crippen LogP) is 1.66. The van der Waals surface area contributed by atoms with Crippen LogP contribution in [0.15, 0.2) is 6.20 Å². The van der Waals surface area contributed by atoms with E-state index in [1.54, 1.807) is 6.20 Å².